The Labute approximate surface area is 184 Å². The zero-order valence-electron chi connectivity index (χ0n) is 18.5. The number of hydrogen-bond acceptors (Lipinski definition) is 7. The van der Waals surface area contributed by atoms with Gasteiger partial charge in [0.25, 0.3) is 0 Å². The zero-order chi connectivity index (χ0) is 22.6. The zero-order valence-corrected chi connectivity index (χ0v) is 18.5. The molecule has 0 fully saturated rings. The van der Waals surface area contributed by atoms with Crippen molar-refractivity contribution in [2.75, 3.05) is 21.3 Å². The molecule has 1 aliphatic carbocycles. The van der Waals surface area contributed by atoms with E-state index in [0.29, 0.717) is 39.7 Å². The van der Waals surface area contributed by atoms with E-state index in [1.54, 1.807) is 26.4 Å². The molecule has 3 aromatic rings. The normalized spacial score (nSPS) is 17.0. The first kappa shape index (κ1) is 20.4. The Morgan fingerprint density at radius 1 is 0.938 bits per heavy atom. The fourth-order valence-corrected chi connectivity index (χ4v) is 4.85. The Morgan fingerprint density at radius 2 is 1.62 bits per heavy atom. The molecule has 0 bridgehead atoms. The Balaban J connectivity index is 1.64. The summed E-state index contributed by atoms with van der Waals surface area (Å²) in [7, 11) is 4.62. The van der Waals surface area contributed by atoms with Gasteiger partial charge in [0, 0.05) is 22.1 Å². The summed E-state index contributed by atoms with van der Waals surface area (Å²) in [6.07, 6.45) is 2.09. The second-order valence-electron chi connectivity index (χ2n) is 8.15. The number of fused-ring (bicyclic) bond motifs is 4. The van der Waals surface area contributed by atoms with Crippen LogP contribution >= 0.6 is 0 Å². The predicted molar refractivity (Wildman–Crippen MR) is 118 cm³/mol. The maximum atomic E-state index is 13.2. The molecule has 1 atom stereocenters. The van der Waals surface area contributed by atoms with Crippen LogP contribution in [0.1, 0.15) is 51.6 Å². The second-order valence-corrected chi connectivity index (χ2v) is 8.15. The molecule has 0 amide bonds. The number of ether oxygens (including phenoxy) is 4. The van der Waals surface area contributed by atoms with Crippen molar-refractivity contribution in [1.82, 2.24) is 0 Å². The molecule has 2 heterocycles. The van der Waals surface area contributed by atoms with Crippen LogP contribution in [0.5, 0.6) is 23.0 Å². The summed E-state index contributed by atoms with van der Waals surface area (Å²) in [5.41, 5.74) is 3.85. The van der Waals surface area contributed by atoms with Crippen LogP contribution in [0.15, 0.2) is 27.4 Å². The van der Waals surface area contributed by atoms with E-state index in [9.17, 15) is 9.59 Å². The molecule has 1 aliphatic heterocycles. The predicted octanol–water partition coefficient (Wildman–Crippen LogP) is 4.32. The minimum Gasteiger partial charge on any atom is -0.493 e. The molecule has 7 nitrogen and oxygen atoms in total. The third kappa shape index (κ3) is 2.95. The third-order valence-electron chi connectivity index (χ3n) is 6.43. The lowest BCUT2D eigenvalue weighted by Gasteiger charge is -2.28. The number of carbonyl (C=O) groups excluding carboxylic acids is 1. The molecule has 7 heteroatoms. The lowest BCUT2D eigenvalue weighted by Crippen LogP contribution is -2.22. The number of carbonyl (C=O) groups is 1. The molecular weight excluding hydrogens is 412 g/mol. The molecule has 5 rings (SSSR count). The maximum absolute atomic E-state index is 13.2. The van der Waals surface area contributed by atoms with Gasteiger partial charge in [0.15, 0.2) is 17.3 Å². The third-order valence-corrected chi connectivity index (χ3v) is 6.43. The van der Waals surface area contributed by atoms with E-state index in [-0.39, 0.29) is 17.8 Å². The van der Waals surface area contributed by atoms with Crippen LogP contribution in [0.3, 0.4) is 0 Å². The van der Waals surface area contributed by atoms with Crippen LogP contribution in [-0.4, -0.2) is 27.1 Å². The number of aryl methyl sites for hydroxylation is 2. The van der Waals surface area contributed by atoms with Crippen molar-refractivity contribution >= 4 is 16.8 Å². The number of benzene rings is 2. The van der Waals surface area contributed by atoms with Gasteiger partial charge in [-0.25, -0.2) is 4.79 Å². The van der Waals surface area contributed by atoms with Gasteiger partial charge in [-0.05, 0) is 49.9 Å². The number of Topliss-reactive ketones (excluding diaryl/α,β-unsaturated/α-hetero) is 1. The molecule has 0 N–H and O–H groups in total. The van der Waals surface area contributed by atoms with Gasteiger partial charge < -0.3 is 23.4 Å². The highest BCUT2D eigenvalue weighted by Crippen LogP contribution is 2.45. The Kier molecular flexibility index (Phi) is 4.84. The average molecular weight is 436 g/mol. The lowest BCUT2D eigenvalue weighted by atomic mass is 9.91. The van der Waals surface area contributed by atoms with Crippen LogP contribution in [0.25, 0.3) is 11.0 Å². The first-order valence-electron chi connectivity index (χ1n) is 10.6. The van der Waals surface area contributed by atoms with Crippen LogP contribution < -0.4 is 24.6 Å². The van der Waals surface area contributed by atoms with E-state index in [1.165, 1.54) is 7.11 Å². The fraction of sp³-hybridized carbons (Fsp3) is 0.360. The summed E-state index contributed by atoms with van der Waals surface area (Å²) in [4.78, 5) is 25.7. The molecule has 2 aliphatic rings. The van der Waals surface area contributed by atoms with E-state index < -0.39 is 6.10 Å². The van der Waals surface area contributed by atoms with Gasteiger partial charge in [0.05, 0.1) is 33.3 Å². The smallest absolute Gasteiger partial charge is 0.339 e. The molecule has 32 heavy (non-hydrogen) atoms. The Bertz CT molecular complexity index is 1290. The topological polar surface area (TPSA) is 84.2 Å². The van der Waals surface area contributed by atoms with Gasteiger partial charge in [-0.2, -0.15) is 0 Å². The molecule has 1 unspecified atom stereocenters. The second kappa shape index (κ2) is 7.58. The Morgan fingerprint density at radius 3 is 2.28 bits per heavy atom. The van der Waals surface area contributed by atoms with Gasteiger partial charge in [-0.15, -0.1) is 0 Å². The lowest BCUT2D eigenvalue weighted by molar-refractivity contribution is 0.0848. The van der Waals surface area contributed by atoms with Crippen molar-refractivity contribution in [1.29, 1.82) is 0 Å². The number of methoxy groups -OCH3 is 3. The quantitative estimate of drug-likeness (QED) is 0.563. The van der Waals surface area contributed by atoms with Gasteiger partial charge >= 0.3 is 5.63 Å². The van der Waals surface area contributed by atoms with Gasteiger partial charge in [0.2, 0.25) is 5.75 Å². The molecule has 2 aromatic carbocycles. The first-order valence-corrected chi connectivity index (χ1v) is 10.6. The molecule has 0 radical (unpaired) electrons. The SMILES string of the molecule is COc1cc(C2CC(=O)c3cc4c5c(c(=O)oc4c(C)c3O2)CCC5)cc(OC)c1OC. The van der Waals surface area contributed by atoms with Crippen LogP contribution in [-0.2, 0) is 12.8 Å². The number of hydrogen-bond donors (Lipinski definition) is 0. The van der Waals surface area contributed by atoms with Gasteiger partial charge in [-0.3, -0.25) is 4.79 Å². The van der Waals surface area contributed by atoms with E-state index in [1.807, 2.05) is 13.0 Å². The van der Waals surface area contributed by atoms with Gasteiger partial charge in [-0.1, -0.05) is 0 Å². The molecule has 0 saturated heterocycles. The monoisotopic (exact) mass is 436 g/mol. The number of ketones is 1. The molecule has 1 aromatic heterocycles. The standard InChI is InChI=1S/C25H24O7/c1-12-22-16(14-6-5-7-15(14)25(27)32-22)10-17-18(26)11-19(31-23(12)17)13-8-20(28-2)24(30-4)21(9-13)29-3/h8-10,19H,5-7,11H2,1-4H3. The van der Waals surface area contributed by atoms with E-state index in [2.05, 4.69) is 0 Å². The van der Waals surface area contributed by atoms with E-state index in [0.717, 1.165) is 41.3 Å². The fourth-order valence-electron chi connectivity index (χ4n) is 4.85. The van der Waals surface area contributed by atoms with Crippen LogP contribution in [0.4, 0.5) is 0 Å². The number of rotatable bonds is 4. The highest BCUT2D eigenvalue weighted by atomic mass is 16.5. The van der Waals surface area contributed by atoms with Crippen molar-refractivity contribution < 1.29 is 28.2 Å². The first-order chi connectivity index (χ1) is 15.5. The Hall–Kier alpha value is -3.48. The molecular formula is C25H24O7. The van der Waals surface area contributed by atoms with E-state index >= 15 is 0 Å². The van der Waals surface area contributed by atoms with Crippen LogP contribution in [0, 0.1) is 6.92 Å². The summed E-state index contributed by atoms with van der Waals surface area (Å²) in [6.45, 7) is 1.83. The molecule has 0 spiro atoms. The highest BCUT2D eigenvalue weighted by molar-refractivity contribution is 6.05. The molecule has 0 saturated carbocycles. The highest BCUT2D eigenvalue weighted by Gasteiger charge is 2.33. The van der Waals surface area contributed by atoms with Crippen molar-refractivity contribution in [3.05, 3.63) is 56.4 Å². The van der Waals surface area contributed by atoms with Crippen molar-refractivity contribution in [2.45, 2.75) is 38.7 Å². The minimum atomic E-state index is -0.541. The minimum absolute atomic E-state index is 0.0204. The summed E-state index contributed by atoms with van der Waals surface area (Å²) in [5.74, 6) is 1.88. The average Bonchev–Trinajstić information content (AvgIpc) is 3.30. The van der Waals surface area contributed by atoms with Gasteiger partial charge in [0.1, 0.15) is 17.4 Å². The van der Waals surface area contributed by atoms with Crippen molar-refractivity contribution in [3.63, 3.8) is 0 Å². The van der Waals surface area contributed by atoms with Crippen molar-refractivity contribution in [3.8, 4) is 23.0 Å². The van der Waals surface area contributed by atoms with Crippen LogP contribution in [0.2, 0.25) is 0 Å². The summed E-state index contributed by atoms with van der Waals surface area (Å²) in [6, 6.07) is 5.40. The summed E-state index contributed by atoms with van der Waals surface area (Å²) >= 11 is 0. The van der Waals surface area contributed by atoms with Crippen molar-refractivity contribution in [2.24, 2.45) is 0 Å². The molecule has 166 valence electrons. The van der Waals surface area contributed by atoms with E-state index in [4.69, 9.17) is 23.4 Å². The maximum Gasteiger partial charge on any atom is 0.339 e. The summed E-state index contributed by atoms with van der Waals surface area (Å²) < 4.78 is 28.3. The largest absolute Gasteiger partial charge is 0.493 e. The summed E-state index contributed by atoms with van der Waals surface area (Å²) in [5, 5.41) is 0.844.